The predicted octanol–water partition coefficient (Wildman–Crippen LogP) is 5.18. The second-order valence-corrected chi connectivity index (χ2v) is 8.54. The quantitative estimate of drug-likeness (QED) is 0.428. The predicted molar refractivity (Wildman–Crippen MR) is 130 cm³/mol. The summed E-state index contributed by atoms with van der Waals surface area (Å²) in [6.07, 6.45) is 2.10. The highest BCUT2D eigenvalue weighted by molar-refractivity contribution is 7.80. The van der Waals surface area contributed by atoms with Gasteiger partial charge >= 0.3 is 0 Å². The molecule has 0 saturated carbocycles. The highest BCUT2D eigenvalue weighted by atomic mass is 32.1. The first-order valence-corrected chi connectivity index (χ1v) is 11.0. The van der Waals surface area contributed by atoms with Crippen LogP contribution in [0.2, 0.25) is 0 Å². The molecule has 0 spiro atoms. The number of hydrogen-bond donors (Lipinski definition) is 2. The summed E-state index contributed by atoms with van der Waals surface area (Å²) in [5, 5.41) is 7.31. The largest absolute Gasteiger partial charge is 0.362 e. The summed E-state index contributed by atoms with van der Waals surface area (Å²) in [5.41, 5.74) is 5.32. The van der Waals surface area contributed by atoms with Gasteiger partial charge in [0.25, 0.3) is 0 Å². The van der Waals surface area contributed by atoms with Crippen LogP contribution in [0.4, 0.5) is 5.69 Å². The van der Waals surface area contributed by atoms with E-state index in [1.54, 1.807) is 0 Å². The SMILES string of the molecule is CN1Cc2ccccc2C(CCCNC(=S)Nc2ccccc2)(c2ccccc2)C1. The molecule has 1 aliphatic rings. The van der Waals surface area contributed by atoms with Crippen LogP contribution in [0.5, 0.6) is 0 Å². The first kappa shape index (κ1) is 20.6. The normalized spacial score (nSPS) is 18.4. The minimum atomic E-state index is 0.00100. The van der Waals surface area contributed by atoms with E-state index in [0.29, 0.717) is 5.11 Å². The maximum Gasteiger partial charge on any atom is 0.170 e. The molecule has 1 atom stereocenters. The number of nitrogens with zero attached hydrogens (tertiary/aromatic N) is 1. The van der Waals surface area contributed by atoms with Crippen LogP contribution in [0.3, 0.4) is 0 Å². The molecule has 3 aromatic carbocycles. The van der Waals surface area contributed by atoms with Crippen molar-refractivity contribution in [3.8, 4) is 0 Å². The summed E-state index contributed by atoms with van der Waals surface area (Å²) in [4.78, 5) is 2.45. The summed E-state index contributed by atoms with van der Waals surface area (Å²) in [6.45, 7) is 2.88. The minimum absolute atomic E-state index is 0.00100. The topological polar surface area (TPSA) is 27.3 Å². The number of likely N-dealkylation sites (N-methyl/N-ethyl adjacent to an activating group) is 1. The molecule has 1 unspecified atom stereocenters. The van der Waals surface area contributed by atoms with Crippen molar-refractivity contribution in [1.29, 1.82) is 0 Å². The fourth-order valence-corrected chi connectivity index (χ4v) is 4.89. The molecule has 0 bridgehead atoms. The van der Waals surface area contributed by atoms with Crippen molar-refractivity contribution >= 4 is 23.0 Å². The molecule has 3 aromatic rings. The first-order valence-electron chi connectivity index (χ1n) is 10.6. The fraction of sp³-hybridized carbons (Fsp3) is 0.269. The van der Waals surface area contributed by atoms with Crippen LogP contribution in [0, 0.1) is 0 Å². The molecule has 0 saturated heterocycles. The van der Waals surface area contributed by atoms with E-state index in [9.17, 15) is 0 Å². The molecule has 154 valence electrons. The smallest absolute Gasteiger partial charge is 0.170 e. The number of rotatable bonds is 6. The van der Waals surface area contributed by atoms with Crippen molar-refractivity contribution in [2.75, 3.05) is 25.5 Å². The average Bonchev–Trinajstić information content (AvgIpc) is 2.78. The molecule has 0 aromatic heterocycles. The first-order chi connectivity index (χ1) is 14.7. The van der Waals surface area contributed by atoms with Gasteiger partial charge in [0.05, 0.1) is 0 Å². The fourth-order valence-electron chi connectivity index (χ4n) is 4.67. The second-order valence-electron chi connectivity index (χ2n) is 8.13. The molecule has 0 fully saturated rings. The van der Waals surface area contributed by atoms with Crippen molar-refractivity contribution in [3.63, 3.8) is 0 Å². The van der Waals surface area contributed by atoms with Crippen LogP contribution in [0.1, 0.15) is 29.5 Å². The lowest BCUT2D eigenvalue weighted by atomic mass is 9.67. The molecule has 3 nitrogen and oxygen atoms in total. The van der Waals surface area contributed by atoms with Gasteiger partial charge in [0.2, 0.25) is 0 Å². The van der Waals surface area contributed by atoms with Crippen molar-refractivity contribution in [2.24, 2.45) is 0 Å². The van der Waals surface area contributed by atoms with E-state index in [0.717, 1.165) is 38.2 Å². The van der Waals surface area contributed by atoms with Gasteiger partial charge in [-0.2, -0.15) is 0 Å². The lowest BCUT2D eigenvalue weighted by molar-refractivity contribution is 0.226. The highest BCUT2D eigenvalue weighted by Crippen LogP contribution is 2.42. The Bertz CT molecular complexity index is 974. The van der Waals surface area contributed by atoms with E-state index < -0.39 is 0 Å². The number of fused-ring (bicyclic) bond motifs is 1. The van der Waals surface area contributed by atoms with Crippen molar-refractivity contribution in [1.82, 2.24) is 10.2 Å². The van der Waals surface area contributed by atoms with Gasteiger partial charge in [-0.1, -0.05) is 72.8 Å². The van der Waals surface area contributed by atoms with Gasteiger partial charge in [-0.3, -0.25) is 0 Å². The monoisotopic (exact) mass is 415 g/mol. The van der Waals surface area contributed by atoms with Crippen molar-refractivity contribution in [3.05, 3.63) is 102 Å². The van der Waals surface area contributed by atoms with Gasteiger partial charge in [-0.05, 0) is 60.9 Å². The number of para-hydroxylation sites is 1. The van der Waals surface area contributed by atoms with Crippen LogP contribution in [-0.2, 0) is 12.0 Å². The third-order valence-corrected chi connectivity index (χ3v) is 6.18. The molecule has 1 heterocycles. The van der Waals surface area contributed by atoms with Gasteiger partial charge in [-0.25, -0.2) is 0 Å². The second kappa shape index (κ2) is 9.41. The zero-order valence-corrected chi connectivity index (χ0v) is 18.3. The summed E-state index contributed by atoms with van der Waals surface area (Å²) < 4.78 is 0. The lowest BCUT2D eigenvalue weighted by Gasteiger charge is -2.44. The van der Waals surface area contributed by atoms with Gasteiger partial charge in [0.1, 0.15) is 0 Å². The molecule has 0 radical (unpaired) electrons. The van der Waals surface area contributed by atoms with Crippen LogP contribution in [0.25, 0.3) is 0 Å². The Kier molecular flexibility index (Phi) is 6.46. The zero-order chi connectivity index (χ0) is 20.8. The van der Waals surface area contributed by atoms with Crippen LogP contribution in [-0.4, -0.2) is 30.1 Å². The molecule has 4 heteroatoms. The Labute approximate surface area is 185 Å². The number of benzene rings is 3. The van der Waals surface area contributed by atoms with E-state index in [1.807, 2.05) is 30.3 Å². The molecule has 1 aliphatic heterocycles. The van der Waals surface area contributed by atoms with Gasteiger partial charge in [-0.15, -0.1) is 0 Å². The maximum atomic E-state index is 5.48. The Morgan fingerprint density at radius 1 is 0.933 bits per heavy atom. The van der Waals surface area contributed by atoms with E-state index in [4.69, 9.17) is 12.2 Å². The number of nitrogens with one attached hydrogen (secondary N) is 2. The van der Waals surface area contributed by atoms with Crippen molar-refractivity contribution in [2.45, 2.75) is 24.8 Å². The lowest BCUT2D eigenvalue weighted by Crippen LogP contribution is -2.45. The molecule has 4 rings (SSSR count). The standard InChI is InChI=1S/C26H29N3S/c1-29-19-21-11-8-9-16-24(21)26(20-29,22-12-4-2-5-13-22)17-10-18-27-25(30)28-23-14-6-3-7-15-23/h2-9,11-16H,10,17-20H2,1H3,(H2,27,28,30). The van der Waals surface area contributed by atoms with E-state index >= 15 is 0 Å². The van der Waals surface area contributed by atoms with Gasteiger partial charge < -0.3 is 15.5 Å². The molecule has 0 aliphatic carbocycles. The summed E-state index contributed by atoms with van der Waals surface area (Å²) in [5.74, 6) is 0. The number of anilines is 1. The summed E-state index contributed by atoms with van der Waals surface area (Å²) in [7, 11) is 2.23. The summed E-state index contributed by atoms with van der Waals surface area (Å²) in [6, 6.07) is 30.0. The van der Waals surface area contributed by atoms with Crippen LogP contribution >= 0.6 is 12.2 Å². The van der Waals surface area contributed by atoms with Crippen LogP contribution < -0.4 is 10.6 Å². The Balaban J connectivity index is 1.48. The van der Waals surface area contributed by atoms with Crippen LogP contribution in [0.15, 0.2) is 84.9 Å². The van der Waals surface area contributed by atoms with E-state index in [-0.39, 0.29) is 5.41 Å². The number of hydrogen-bond acceptors (Lipinski definition) is 2. The Morgan fingerprint density at radius 3 is 2.37 bits per heavy atom. The molecule has 30 heavy (non-hydrogen) atoms. The Morgan fingerprint density at radius 2 is 1.60 bits per heavy atom. The number of thiocarbonyl (C=S) groups is 1. The average molecular weight is 416 g/mol. The van der Waals surface area contributed by atoms with Gasteiger partial charge in [0.15, 0.2) is 5.11 Å². The third-order valence-electron chi connectivity index (χ3n) is 5.94. The molecular formula is C26H29N3S. The third kappa shape index (κ3) is 4.55. The minimum Gasteiger partial charge on any atom is -0.362 e. The van der Waals surface area contributed by atoms with Gasteiger partial charge in [0, 0.05) is 30.7 Å². The molecule has 2 N–H and O–H groups in total. The molecule has 0 amide bonds. The maximum absolute atomic E-state index is 5.48. The Hall–Kier alpha value is -2.69. The van der Waals surface area contributed by atoms with Crippen molar-refractivity contribution < 1.29 is 0 Å². The van der Waals surface area contributed by atoms with E-state index in [1.165, 1.54) is 16.7 Å². The zero-order valence-electron chi connectivity index (χ0n) is 17.5. The molecular weight excluding hydrogens is 386 g/mol. The highest BCUT2D eigenvalue weighted by Gasteiger charge is 2.39. The van der Waals surface area contributed by atoms with E-state index in [2.05, 4.69) is 77.2 Å². The summed E-state index contributed by atoms with van der Waals surface area (Å²) >= 11 is 5.48.